The van der Waals surface area contributed by atoms with Crippen LogP contribution < -0.4 is 5.48 Å². The molecule has 3 N–H and O–H groups in total. The molecule has 0 spiro atoms. The van der Waals surface area contributed by atoms with E-state index in [1.807, 2.05) is 5.48 Å². The molecular formula is C8H9N3O2. The predicted octanol–water partition coefficient (Wildman–Crippen LogP) is 1.89. The summed E-state index contributed by atoms with van der Waals surface area (Å²) in [4.78, 5) is 10.0. The van der Waals surface area contributed by atoms with Gasteiger partial charge in [-0.15, -0.1) is 4.91 Å². The second kappa shape index (κ2) is 3.77. The Balaban J connectivity index is 3.13. The molecule has 0 fully saturated rings. The summed E-state index contributed by atoms with van der Waals surface area (Å²) in [6, 6.07) is 4.77. The van der Waals surface area contributed by atoms with Gasteiger partial charge in [-0.05, 0) is 23.7 Å². The number of nitrogens with zero attached hydrogens (tertiary/aromatic N) is 1. The molecule has 0 saturated heterocycles. The summed E-state index contributed by atoms with van der Waals surface area (Å²) in [6.45, 7) is 1.79. The Bertz CT molecular complexity index is 349. The fourth-order valence-electron chi connectivity index (χ4n) is 0.942. The Morgan fingerprint density at radius 2 is 2.31 bits per heavy atom. The van der Waals surface area contributed by atoms with Gasteiger partial charge in [0.25, 0.3) is 0 Å². The van der Waals surface area contributed by atoms with Crippen LogP contribution in [0.4, 0.5) is 5.69 Å². The van der Waals surface area contributed by atoms with Crippen molar-refractivity contribution in [2.75, 3.05) is 5.48 Å². The number of hydrogen-bond acceptors (Lipinski definition) is 4. The molecule has 1 aromatic rings. The van der Waals surface area contributed by atoms with E-state index in [9.17, 15) is 4.91 Å². The lowest BCUT2D eigenvalue weighted by atomic mass is 10.1. The van der Waals surface area contributed by atoms with Crippen molar-refractivity contribution in [3.05, 3.63) is 34.2 Å². The van der Waals surface area contributed by atoms with Gasteiger partial charge in [0, 0.05) is 5.56 Å². The Hall–Kier alpha value is -1.75. The number of hydrogen-bond donors (Lipinski definition) is 3. The van der Waals surface area contributed by atoms with Crippen molar-refractivity contribution in [1.29, 1.82) is 5.41 Å². The molecule has 0 unspecified atom stereocenters. The molecule has 68 valence electrons. The first-order chi connectivity index (χ1) is 6.19. The van der Waals surface area contributed by atoms with Crippen molar-refractivity contribution < 1.29 is 5.21 Å². The zero-order chi connectivity index (χ0) is 9.84. The first-order valence-corrected chi connectivity index (χ1v) is 3.62. The van der Waals surface area contributed by atoms with E-state index < -0.39 is 0 Å². The summed E-state index contributed by atoms with van der Waals surface area (Å²) in [5.41, 5.74) is 3.63. The van der Waals surface area contributed by atoms with E-state index in [1.165, 1.54) is 6.07 Å². The Labute approximate surface area is 74.8 Å². The lowest BCUT2D eigenvalue weighted by Crippen LogP contribution is -1.98. The summed E-state index contributed by atoms with van der Waals surface area (Å²) in [5.74, 6) is -0.350. The topological polar surface area (TPSA) is 85.5 Å². The van der Waals surface area contributed by atoms with Crippen molar-refractivity contribution in [2.45, 2.75) is 6.92 Å². The van der Waals surface area contributed by atoms with Crippen molar-refractivity contribution >= 4 is 11.5 Å². The van der Waals surface area contributed by atoms with Crippen molar-refractivity contribution in [1.82, 2.24) is 0 Å². The van der Waals surface area contributed by atoms with Crippen molar-refractivity contribution in [3.63, 3.8) is 0 Å². The number of nitroso groups, excluding NO2 is 1. The molecule has 0 aromatic heterocycles. The number of amidine groups is 1. The lowest BCUT2D eigenvalue weighted by Gasteiger charge is -2.04. The molecule has 0 radical (unpaired) electrons. The Kier molecular flexibility index (Phi) is 2.71. The molecule has 0 saturated carbocycles. The number of benzene rings is 1. The van der Waals surface area contributed by atoms with Gasteiger partial charge >= 0.3 is 0 Å². The van der Waals surface area contributed by atoms with Gasteiger partial charge < -0.3 is 0 Å². The van der Waals surface area contributed by atoms with E-state index in [2.05, 4.69) is 5.18 Å². The third-order valence-electron chi connectivity index (χ3n) is 1.72. The molecule has 1 rings (SSSR count). The predicted molar refractivity (Wildman–Crippen MR) is 49.2 cm³/mol. The zero-order valence-electron chi connectivity index (χ0n) is 7.03. The molecule has 5 heteroatoms. The monoisotopic (exact) mass is 179 g/mol. The highest BCUT2D eigenvalue weighted by atomic mass is 16.5. The van der Waals surface area contributed by atoms with Crippen LogP contribution in [0.3, 0.4) is 0 Å². The quantitative estimate of drug-likeness (QED) is 0.280. The highest BCUT2D eigenvalue weighted by Gasteiger charge is 2.03. The lowest BCUT2D eigenvalue weighted by molar-refractivity contribution is 0.388. The second-order valence-corrected chi connectivity index (χ2v) is 2.58. The van der Waals surface area contributed by atoms with Gasteiger partial charge in [-0.1, -0.05) is 12.1 Å². The number of rotatable bonds is 2. The van der Waals surface area contributed by atoms with Gasteiger partial charge in [0.2, 0.25) is 0 Å². The van der Waals surface area contributed by atoms with E-state index >= 15 is 0 Å². The van der Waals surface area contributed by atoms with E-state index in [4.69, 9.17) is 10.6 Å². The summed E-state index contributed by atoms with van der Waals surface area (Å²) in [7, 11) is 0. The van der Waals surface area contributed by atoms with Crippen LogP contribution in [-0.2, 0) is 0 Å². The number of aryl methyl sites for hydroxylation is 1. The van der Waals surface area contributed by atoms with Gasteiger partial charge in [-0.3, -0.25) is 16.1 Å². The van der Waals surface area contributed by atoms with Gasteiger partial charge in [0.05, 0.1) is 5.69 Å². The summed E-state index contributed by atoms with van der Waals surface area (Å²) in [5, 5.41) is 18.3. The van der Waals surface area contributed by atoms with Gasteiger partial charge in [0.1, 0.15) is 0 Å². The number of anilines is 1. The third kappa shape index (κ3) is 1.88. The molecule has 0 heterocycles. The maximum atomic E-state index is 10.0. The third-order valence-corrected chi connectivity index (χ3v) is 1.72. The molecule has 0 bridgehead atoms. The van der Waals surface area contributed by atoms with Crippen LogP contribution in [0, 0.1) is 17.2 Å². The number of nitrogens with one attached hydrogen (secondary N) is 2. The fraction of sp³-hybridized carbons (Fsp3) is 0.125. The smallest absolute Gasteiger partial charge is 0.196 e. The highest BCUT2D eigenvalue weighted by molar-refractivity contribution is 5.97. The van der Waals surface area contributed by atoms with Gasteiger partial charge in [0.15, 0.2) is 5.84 Å². The molecule has 0 aliphatic heterocycles. The van der Waals surface area contributed by atoms with E-state index in [0.717, 1.165) is 5.56 Å². The van der Waals surface area contributed by atoms with Crippen LogP contribution in [0.5, 0.6) is 0 Å². The normalized spacial score (nSPS) is 9.38. The molecule has 1 aromatic carbocycles. The van der Waals surface area contributed by atoms with Crippen molar-refractivity contribution in [2.24, 2.45) is 5.18 Å². The SMILES string of the molecule is Cc1ccc(C(=N)N=O)cc1NO. The largest absolute Gasteiger partial charge is 0.291 e. The molecule has 0 atom stereocenters. The minimum absolute atomic E-state index is 0.350. The molecule has 0 amide bonds. The molecule has 0 aliphatic carbocycles. The van der Waals surface area contributed by atoms with Crippen LogP contribution in [0.15, 0.2) is 23.4 Å². The van der Waals surface area contributed by atoms with Crippen LogP contribution in [0.1, 0.15) is 11.1 Å². The summed E-state index contributed by atoms with van der Waals surface area (Å²) >= 11 is 0. The van der Waals surface area contributed by atoms with Crippen molar-refractivity contribution in [3.8, 4) is 0 Å². The van der Waals surface area contributed by atoms with Gasteiger partial charge in [-0.25, -0.2) is 0 Å². The van der Waals surface area contributed by atoms with Crippen LogP contribution in [0.25, 0.3) is 0 Å². The highest BCUT2D eigenvalue weighted by Crippen LogP contribution is 2.16. The average molecular weight is 179 g/mol. The fourth-order valence-corrected chi connectivity index (χ4v) is 0.942. The van der Waals surface area contributed by atoms with Crippen LogP contribution in [-0.4, -0.2) is 11.0 Å². The van der Waals surface area contributed by atoms with E-state index in [0.29, 0.717) is 11.3 Å². The Morgan fingerprint density at radius 1 is 1.62 bits per heavy atom. The minimum Gasteiger partial charge on any atom is -0.291 e. The maximum absolute atomic E-state index is 10.0. The van der Waals surface area contributed by atoms with Crippen LogP contribution >= 0.6 is 0 Å². The Morgan fingerprint density at radius 3 is 2.85 bits per heavy atom. The zero-order valence-corrected chi connectivity index (χ0v) is 7.03. The molecule has 5 nitrogen and oxygen atoms in total. The molecular weight excluding hydrogens is 170 g/mol. The first-order valence-electron chi connectivity index (χ1n) is 3.62. The summed E-state index contributed by atoms with van der Waals surface area (Å²) in [6.07, 6.45) is 0. The van der Waals surface area contributed by atoms with E-state index in [1.54, 1.807) is 19.1 Å². The average Bonchev–Trinajstić information content (AvgIpc) is 2.17. The molecule has 13 heavy (non-hydrogen) atoms. The van der Waals surface area contributed by atoms with Gasteiger partial charge in [-0.2, -0.15) is 0 Å². The van der Waals surface area contributed by atoms with E-state index in [-0.39, 0.29) is 5.84 Å². The van der Waals surface area contributed by atoms with Crippen LogP contribution in [0.2, 0.25) is 0 Å². The standard InChI is InChI=1S/C8H9N3O2/c1-5-2-3-6(8(9)11-13)4-7(5)10-12/h2-4,9-10,12H,1H3. The summed E-state index contributed by atoms with van der Waals surface area (Å²) < 4.78 is 0. The maximum Gasteiger partial charge on any atom is 0.196 e. The molecule has 0 aliphatic rings. The minimum atomic E-state index is -0.350. The second-order valence-electron chi connectivity index (χ2n) is 2.58. The first kappa shape index (κ1) is 9.34.